The summed E-state index contributed by atoms with van der Waals surface area (Å²) < 4.78 is 0. The Morgan fingerprint density at radius 1 is 1.29 bits per heavy atom. The Kier molecular flexibility index (Phi) is 2.38. The predicted octanol–water partition coefficient (Wildman–Crippen LogP) is 3.85. The molecule has 0 heteroatoms. The molecule has 0 nitrogen and oxygen atoms in total. The van der Waals surface area contributed by atoms with Crippen LogP contribution in [-0.4, -0.2) is 0 Å². The van der Waals surface area contributed by atoms with Crippen molar-refractivity contribution in [2.75, 3.05) is 0 Å². The summed E-state index contributed by atoms with van der Waals surface area (Å²) in [7, 11) is 0. The zero-order valence-corrected chi connectivity index (χ0v) is 9.72. The first-order valence-corrected chi connectivity index (χ1v) is 5.76. The van der Waals surface area contributed by atoms with E-state index in [0.29, 0.717) is 0 Å². The van der Waals surface area contributed by atoms with Gasteiger partial charge in [-0.3, -0.25) is 0 Å². The van der Waals surface area contributed by atoms with Crippen molar-refractivity contribution in [3.8, 4) is 0 Å². The van der Waals surface area contributed by atoms with Gasteiger partial charge in [-0.2, -0.15) is 0 Å². The Balaban J connectivity index is 2.54. The maximum Gasteiger partial charge on any atom is -0.0156 e. The van der Waals surface area contributed by atoms with E-state index in [-0.39, 0.29) is 0 Å². The Morgan fingerprint density at radius 3 is 2.64 bits per heavy atom. The molecule has 1 aliphatic rings. The van der Waals surface area contributed by atoms with Crippen LogP contribution in [0.4, 0.5) is 0 Å². The monoisotopic (exact) mass is 188 g/mol. The standard InChI is InChI=1S/C14H20/c1-5-12-6-7-13-8-9(2)10(3)14(13)11(12)4/h6-7,9-10H,5,8H2,1-4H3. The van der Waals surface area contributed by atoms with E-state index in [1.54, 1.807) is 16.7 Å². The van der Waals surface area contributed by atoms with Crippen LogP contribution in [0.3, 0.4) is 0 Å². The van der Waals surface area contributed by atoms with Crippen LogP contribution in [-0.2, 0) is 12.8 Å². The van der Waals surface area contributed by atoms with Crippen molar-refractivity contribution in [3.05, 3.63) is 34.4 Å². The lowest BCUT2D eigenvalue weighted by atomic mass is 9.91. The predicted molar refractivity (Wildman–Crippen MR) is 61.8 cm³/mol. The highest BCUT2D eigenvalue weighted by Crippen LogP contribution is 2.40. The summed E-state index contributed by atoms with van der Waals surface area (Å²) in [5.41, 5.74) is 6.34. The molecule has 0 aromatic heterocycles. The second kappa shape index (κ2) is 3.42. The highest BCUT2D eigenvalue weighted by atomic mass is 14.3. The molecule has 0 aliphatic heterocycles. The molecule has 0 bridgehead atoms. The van der Waals surface area contributed by atoms with Gasteiger partial charge in [0.05, 0.1) is 0 Å². The van der Waals surface area contributed by atoms with Crippen molar-refractivity contribution in [3.63, 3.8) is 0 Å². The molecule has 1 aromatic carbocycles. The van der Waals surface area contributed by atoms with Gasteiger partial charge in [0.15, 0.2) is 0 Å². The van der Waals surface area contributed by atoms with Gasteiger partial charge in [0.1, 0.15) is 0 Å². The molecular weight excluding hydrogens is 168 g/mol. The van der Waals surface area contributed by atoms with Crippen molar-refractivity contribution >= 4 is 0 Å². The second-order valence-electron chi connectivity index (χ2n) is 4.75. The zero-order valence-electron chi connectivity index (χ0n) is 9.72. The van der Waals surface area contributed by atoms with Crippen LogP contribution in [0.5, 0.6) is 0 Å². The van der Waals surface area contributed by atoms with Gasteiger partial charge in [-0.1, -0.05) is 32.9 Å². The average Bonchev–Trinajstić information content (AvgIpc) is 2.44. The number of rotatable bonds is 1. The normalized spacial score (nSPS) is 25.1. The molecule has 2 unspecified atom stereocenters. The first-order valence-electron chi connectivity index (χ1n) is 5.76. The third kappa shape index (κ3) is 1.28. The molecule has 1 aromatic rings. The van der Waals surface area contributed by atoms with Gasteiger partial charge in [-0.05, 0) is 53.9 Å². The van der Waals surface area contributed by atoms with Crippen molar-refractivity contribution in [2.24, 2.45) is 5.92 Å². The van der Waals surface area contributed by atoms with Crippen LogP contribution < -0.4 is 0 Å². The average molecular weight is 188 g/mol. The maximum absolute atomic E-state index is 2.38. The van der Waals surface area contributed by atoms with E-state index in [4.69, 9.17) is 0 Å². The van der Waals surface area contributed by atoms with Crippen molar-refractivity contribution in [1.29, 1.82) is 0 Å². The molecular formula is C14H20. The molecule has 0 saturated heterocycles. The first kappa shape index (κ1) is 9.76. The van der Waals surface area contributed by atoms with Crippen LogP contribution >= 0.6 is 0 Å². The summed E-state index contributed by atoms with van der Waals surface area (Å²) in [4.78, 5) is 0. The molecule has 0 fully saturated rings. The topological polar surface area (TPSA) is 0 Å². The van der Waals surface area contributed by atoms with Gasteiger partial charge >= 0.3 is 0 Å². The summed E-state index contributed by atoms with van der Waals surface area (Å²) in [6, 6.07) is 4.67. The fraction of sp³-hybridized carbons (Fsp3) is 0.571. The Hall–Kier alpha value is -0.780. The van der Waals surface area contributed by atoms with Crippen LogP contribution in [0.2, 0.25) is 0 Å². The smallest absolute Gasteiger partial charge is 0.0156 e. The molecule has 76 valence electrons. The molecule has 0 radical (unpaired) electrons. The number of aryl methyl sites for hydroxylation is 1. The molecule has 2 rings (SSSR count). The van der Waals surface area contributed by atoms with E-state index in [1.807, 2.05) is 0 Å². The van der Waals surface area contributed by atoms with Gasteiger partial charge in [-0.15, -0.1) is 0 Å². The molecule has 0 heterocycles. The summed E-state index contributed by atoms with van der Waals surface area (Å²) in [5, 5.41) is 0. The lowest BCUT2D eigenvalue weighted by Gasteiger charge is -2.14. The summed E-state index contributed by atoms with van der Waals surface area (Å²) in [6.45, 7) is 9.29. The number of hydrogen-bond acceptors (Lipinski definition) is 0. The van der Waals surface area contributed by atoms with Gasteiger partial charge in [0.2, 0.25) is 0 Å². The van der Waals surface area contributed by atoms with Crippen LogP contribution in [0, 0.1) is 12.8 Å². The molecule has 0 N–H and O–H groups in total. The fourth-order valence-corrected chi connectivity index (χ4v) is 2.83. The van der Waals surface area contributed by atoms with Crippen molar-refractivity contribution < 1.29 is 0 Å². The summed E-state index contributed by atoms with van der Waals surface area (Å²) in [6.07, 6.45) is 2.45. The molecule has 0 spiro atoms. The lowest BCUT2D eigenvalue weighted by Crippen LogP contribution is -2.00. The van der Waals surface area contributed by atoms with Gasteiger partial charge in [-0.25, -0.2) is 0 Å². The Morgan fingerprint density at radius 2 is 2.00 bits per heavy atom. The summed E-state index contributed by atoms with van der Waals surface area (Å²) in [5.74, 6) is 1.59. The van der Waals surface area contributed by atoms with Gasteiger partial charge in [0.25, 0.3) is 0 Å². The third-order valence-electron chi connectivity index (χ3n) is 3.95. The number of fused-ring (bicyclic) bond motifs is 1. The molecule has 1 aliphatic carbocycles. The minimum absolute atomic E-state index is 0.761. The zero-order chi connectivity index (χ0) is 10.3. The highest BCUT2D eigenvalue weighted by molar-refractivity contribution is 5.45. The van der Waals surface area contributed by atoms with Crippen LogP contribution in [0.1, 0.15) is 48.9 Å². The van der Waals surface area contributed by atoms with E-state index in [9.17, 15) is 0 Å². The number of benzene rings is 1. The largest absolute Gasteiger partial charge is 0.0616 e. The fourth-order valence-electron chi connectivity index (χ4n) is 2.83. The second-order valence-corrected chi connectivity index (χ2v) is 4.75. The molecule has 2 atom stereocenters. The van der Waals surface area contributed by atoms with Crippen molar-refractivity contribution in [2.45, 2.75) is 46.5 Å². The Labute approximate surface area is 87.3 Å². The highest BCUT2D eigenvalue weighted by Gasteiger charge is 2.27. The molecule has 14 heavy (non-hydrogen) atoms. The minimum Gasteiger partial charge on any atom is -0.0616 e. The van der Waals surface area contributed by atoms with E-state index in [2.05, 4.69) is 39.8 Å². The van der Waals surface area contributed by atoms with E-state index >= 15 is 0 Å². The lowest BCUT2D eigenvalue weighted by molar-refractivity contribution is 0.530. The van der Waals surface area contributed by atoms with Crippen molar-refractivity contribution in [1.82, 2.24) is 0 Å². The third-order valence-corrected chi connectivity index (χ3v) is 3.95. The van der Waals surface area contributed by atoms with Gasteiger partial charge < -0.3 is 0 Å². The van der Waals surface area contributed by atoms with Crippen LogP contribution in [0.25, 0.3) is 0 Å². The van der Waals surface area contributed by atoms with E-state index < -0.39 is 0 Å². The van der Waals surface area contributed by atoms with Crippen LogP contribution in [0.15, 0.2) is 12.1 Å². The maximum atomic E-state index is 2.38. The molecule has 0 saturated carbocycles. The van der Waals surface area contributed by atoms with E-state index in [0.717, 1.165) is 11.8 Å². The SMILES string of the molecule is CCc1ccc2c(c1C)C(C)C(C)C2. The first-order chi connectivity index (χ1) is 6.65. The van der Waals surface area contributed by atoms with E-state index in [1.165, 1.54) is 18.4 Å². The Bertz CT molecular complexity index is 349. The summed E-state index contributed by atoms with van der Waals surface area (Å²) >= 11 is 0. The number of hydrogen-bond donors (Lipinski definition) is 0. The quantitative estimate of drug-likeness (QED) is 0.628. The minimum atomic E-state index is 0.761. The molecule has 0 amide bonds. The van der Waals surface area contributed by atoms with Gasteiger partial charge in [0, 0.05) is 0 Å².